The molecule has 1 N–H and O–H groups in total. The van der Waals surface area contributed by atoms with Crippen molar-refractivity contribution in [3.05, 3.63) is 71.8 Å². The molecule has 2 aromatic carbocycles. The summed E-state index contributed by atoms with van der Waals surface area (Å²) in [4.78, 5) is 29.2. The van der Waals surface area contributed by atoms with E-state index >= 15 is 0 Å². The maximum atomic E-state index is 13.9. The van der Waals surface area contributed by atoms with E-state index < -0.39 is 11.7 Å². The van der Waals surface area contributed by atoms with Crippen LogP contribution in [0.25, 0.3) is 5.69 Å². The standard InChI is InChI=1S/C23H25FN6O2S/c1-28-11-13-29(14-12-28)21(31)16-33-23-27-26-20(30(23)17-7-3-2-4-8-17)15-25-22(32)18-9-5-6-10-19(18)24/h2-10H,11-16H2,1H3,(H,25,32). The van der Waals surface area contributed by atoms with Crippen molar-refractivity contribution in [1.29, 1.82) is 0 Å². The molecular formula is C23H25FN6O2S. The van der Waals surface area contributed by atoms with Gasteiger partial charge in [0.05, 0.1) is 17.9 Å². The van der Waals surface area contributed by atoms with Crippen LogP contribution in [0.2, 0.25) is 0 Å². The number of benzene rings is 2. The number of nitrogens with zero attached hydrogens (tertiary/aromatic N) is 5. The SMILES string of the molecule is CN1CCN(C(=O)CSc2nnc(CNC(=O)c3ccccc3F)n2-c2ccccc2)CC1. The maximum Gasteiger partial charge on any atom is 0.254 e. The number of nitrogens with one attached hydrogen (secondary N) is 1. The van der Waals surface area contributed by atoms with Crippen molar-refractivity contribution in [3.8, 4) is 5.69 Å². The van der Waals surface area contributed by atoms with Gasteiger partial charge < -0.3 is 15.1 Å². The lowest BCUT2D eigenvalue weighted by Crippen LogP contribution is -2.47. The van der Waals surface area contributed by atoms with Crippen LogP contribution in [0.4, 0.5) is 4.39 Å². The molecule has 0 spiro atoms. The largest absolute Gasteiger partial charge is 0.345 e. The van der Waals surface area contributed by atoms with Crippen molar-refractivity contribution in [1.82, 2.24) is 29.9 Å². The summed E-state index contributed by atoms with van der Waals surface area (Å²) in [6.45, 7) is 3.22. The minimum absolute atomic E-state index is 0.0318. The molecule has 4 rings (SSSR count). The van der Waals surface area contributed by atoms with E-state index in [4.69, 9.17) is 0 Å². The van der Waals surface area contributed by atoms with Gasteiger partial charge in [-0.2, -0.15) is 0 Å². The number of likely N-dealkylation sites (N-methyl/N-ethyl adjacent to an activating group) is 1. The van der Waals surface area contributed by atoms with E-state index in [-0.39, 0.29) is 23.8 Å². The quantitative estimate of drug-likeness (QED) is 0.536. The molecule has 8 nitrogen and oxygen atoms in total. The van der Waals surface area contributed by atoms with E-state index in [0.717, 1.165) is 18.8 Å². The predicted octanol–water partition coefficient (Wildman–Crippen LogP) is 2.20. The Bertz CT molecular complexity index is 1120. The minimum Gasteiger partial charge on any atom is -0.345 e. The topological polar surface area (TPSA) is 83.4 Å². The fourth-order valence-electron chi connectivity index (χ4n) is 3.52. The van der Waals surface area contributed by atoms with E-state index in [0.29, 0.717) is 24.1 Å². The minimum atomic E-state index is -0.585. The van der Waals surface area contributed by atoms with Crippen molar-refractivity contribution < 1.29 is 14.0 Å². The number of carbonyl (C=O) groups excluding carboxylic acids is 2. The normalized spacial score (nSPS) is 14.3. The number of hydrogen-bond acceptors (Lipinski definition) is 6. The highest BCUT2D eigenvalue weighted by atomic mass is 32.2. The molecule has 1 aliphatic rings. The average molecular weight is 469 g/mol. The first-order valence-corrected chi connectivity index (χ1v) is 11.6. The summed E-state index contributed by atoms with van der Waals surface area (Å²) in [6, 6.07) is 15.3. The number of amides is 2. The van der Waals surface area contributed by atoms with Crippen molar-refractivity contribution in [2.24, 2.45) is 0 Å². The summed E-state index contributed by atoms with van der Waals surface area (Å²) in [6.07, 6.45) is 0. The molecule has 0 bridgehead atoms. The third-order valence-corrected chi connectivity index (χ3v) is 6.33. The molecule has 0 saturated carbocycles. The Kier molecular flexibility index (Phi) is 7.36. The zero-order chi connectivity index (χ0) is 23.2. The average Bonchev–Trinajstić information content (AvgIpc) is 3.25. The Morgan fingerprint density at radius 3 is 2.42 bits per heavy atom. The molecule has 1 aromatic heterocycles. The lowest BCUT2D eigenvalue weighted by atomic mass is 10.2. The molecule has 2 amide bonds. The highest BCUT2D eigenvalue weighted by Crippen LogP contribution is 2.23. The van der Waals surface area contributed by atoms with Crippen molar-refractivity contribution in [2.45, 2.75) is 11.7 Å². The van der Waals surface area contributed by atoms with Crippen molar-refractivity contribution in [3.63, 3.8) is 0 Å². The highest BCUT2D eigenvalue weighted by molar-refractivity contribution is 7.99. The molecular weight excluding hydrogens is 443 g/mol. The van der Waals surface area contributed by atoms with E-state index in [1.54, 1.807) is 6.07 Å². The van der Waals surface area contributed by atoms with Gasteiger partial charge in [-0.05, 0) is 31.3 Å². The van der Waals surface area contributed by atoms with Gasteiger partial charge >= 0.3 is 0 Å². The number of piperazine rings is 1. The molecule has 33 heavy (non-hydrogen) atoms. The summed E-state index contributed by atoms with van der Waals surface area (Å²) in [7, 11) is 2.05. The molecule has 1 fully saturated rings. The molecule has 1 aliphatic heterocycles. The Labute approximate surface area is 195 Å². The number of halogens is 1. The summed E-state index contributed by atoms with van der Waals surface area (Å²) < 4.78 is 15.7. The van der Waals surface area contributed by atoms with E-state index in [1.807, 2.05) is 46.8 Å². The smallest absolute Gasteiger partial charge is 0.254 e. The van der Waals surface area contributed by atoms with Crippen LogP contribution in [0.5, 0.6) is 0 Å². The van der Waals surface area contributed by atoms with E-state index in [2.05, 4.69) is 20.4 Å². The fourth-order valence-corrected chi connectivity index (χ4v) is 4.39. The molecule has 0 unspecified atom stereocenters. The van der Waals surface area contributed by atoms with Gasteiger partial charge in [0, 0.05) is 31.9 Å². The van der Waals surface area contributed by atoms with Gasteiger partial charge in [0.15, 0.2) is 11.0 Å². The van der Waals surface area contributed by atoms with Crippen LogP contribution in [-0.2, 0) is 11.3 Å². The Hall–Kier alpha value is -3.24. The first-order chi connectivity index (χ1) is 16.0. The van der Waals surface area contributed by atoms with Crippen LogP contribution in [0.15, 0.2) is 59.8 Å². The van der Waals surface area contributed by atoms with Gasteiger partial charge in [0.2, 0.25) is 5.91 Å². The van der Waals surface area contributed by atoms with Gasteiger partial charge in [-0.3, -0.25) is 14.2 Å². The summed E-state index contributed by atoms with van der Waals surface area (Å²) in [5.41, 5.74) is 0.780. The van der Waals surface area contributed by atoms with Gasteiger partial charge in [0.25, 0.3) is 5.91 Å². The molecule has 10 heteroatoms. The lowest BCUT2D eigenvalue weighted by molar-refractivity contribution is -0.129. The summed E-state index contributed by atoms with van der Waals surface area (Å²) in [5.74, 6) is -0.324. The third kappa shape index (κ3) is 5.58. The molecule has 0 aliphatic carbocycles. The lowest BCUT2D eigenvalue weighted by Gasteiger charge is -2.32. The zero-order valence-corrected chi connectivity index (χ0v) is 19.1. The third-order valence-electron chi connectivity index (χ3n) is 5.42. The molecule has 3 aromatic rings. The zero-order valence-electron chi connectivity index (χ0n) is 18.3. The summed E-state index contributed by atoms with van der Waals surface area (Å²) in [5, 5.41) is 11.8. The first-order valence-electron chi connectivity index (χ1n) is 10.6. The van der Waals surface area contributed by atoms with Crippen molar-refractivity contribution in [2.75, 3.05) is 39.0 Å². The highest BCUT2D eigenvalue weighted by Gasteiger charge is 2.22. The van der Waals surface area contributed by atoms with Crippen LogP contribution >= 0.6 is 11.8 Å². The number of para-hydroxylation sites is 1. The number of rotatable bonds is 7. The molecule has 2 heterocycles. The molecule has 0 radical (unpaired) electrons. The number of hydrogen-bond donors (Lipinski definition) is 1. The van der Waals surface area contributed by atoms with E-state index in [1.165, 1.54) is 30.0 Å². The van der Waals surface area contributed by atoms with Crippen LogP contribution in [0, 0.1) is 5.82 Å². The maximum absolute atomic E-state index is 13.9. The van der Waals surface area contributed by atoms with Crippen LogP contribution in [0.3, 0.4) is 0 Å². The van der Waals surface area contributed by atoms with Gasteiger partial charge in [-0.25, -0.2) is 4.39 Å². The number of aromatic nitrogens is 3. The molecule has 172 valence electrons. The monoisotopic (exact) mass is 468 g/mol. The van der Waals surface area contributed by atoms with Gasteiger partial charge in [-0.15, -0.1) is 10.2 Å². The number of carbonyl (C=O) groups is 2. The second-order valence-corrected chi connectivity index (χ2v) is 8.65. The van der Waals surface area contributed by atoms with Gasteiger partial charge in [0.1, 0.15) is 5.82 Å². The fraction of sp³-hybridized carbons (Fsp3) is 0.304. The van der Waals surface area contributed by atoms with Crippen LogP contribution in [0.1, 0.15) is 16.2 Å². The van der Waals surface area contributed by atoms with Crippen molar-refractivity contribution >= 4 is 23.6 Å². The molecule has 0 atom stereocenters. The Balaban J connectivity index is 1.48. The van der Waals surface area contributed by atoms with Gasteiger partial charge in [-0.1, -0.05) is 42.1 Å². The molecule has 1 saturated heterocycles. The Morgan fingerprint density at radius 2 is 1.70 bits per heavy atom. The second kappa shape index (κ2) is 10.6. The second-order valence-electron chi connectivity index (χ2n) is 7.71. The predicted molar refractivity (Wildman–Crippen MR) is 124 cm³/mol. The van der Waals surface area contributed by atoms with Crippen LogP contribution in [-0.4, -0.2) is 75.4 Å². The van der Waals surface area contributed by atoms with Crippen LogP contribution < -0.4 is 5.32 Å². The summed E-state index contributed by atoms with van der Waals surface area (Å²) >= 11 is 1.31. The van der Waals surface area contributed by atoms with E-state index in [9.17, 15) is 14.0 Å². The first kappa shape index (κ1) is 22.9. The Morgan fingerprint density at radius 1 is 1.00 bits per heavy atom. The number of thioether (sulfide) groups is 1.